The van der Waals surface area contributed by atoms with Gasteiger partial charge in [-0.15, -0.1) is 0 Å². The van der Waals surface area contributed by atoms with Gasteiger partial charge < -0.3 is 15.3 Å². The first kappa shape index (κ1) is 14.4. The molecule has 0 spiro atoms. The van der Waals surface area contributed by atoms with Gasteiger partial charge >= 0.3 is 11.9 Å². The van der Waals surface area contributed by atoms with E-state index >= 15 is 0 Å². The molecule has 5 nitrogen and oxygen atoms in total. The lowest BCUT2D eigenvalue weighted by atomic mass is 9.55. The zero-order valence-electron chi connectivity index (χ0n) is 10.8. The molecule has 18 heavy (non-hydrogen) atoms. The van der Waals surface area contributed by atoms with Crippen molar-refractivity contribution in [2.45, 2.75) is 40.0 Å². The standard InChI is InChI=1S/C13H18O5/c1-11(4-5-14)6-12(2,9(15)16)8-13(3,7-11)10(17)18/h14H,6-8H2,1-3H3,(H,15,16)(H,17,18). The highest BCUT2D eigenvalue weighted by molar-refractivity contribution is 5.79. The van der Waals surface area contributed by atoms with Crippen LogP contribution in [0, 0.1) is 28.3 Å². The summed E-state index contributed by atoms with van der Waals surface area (Å²) in [5.74, 6) is 0.505. The first-order chi connectivity index (χ1) is 8.07. The van der Waals surface area contributed by atoms with Crippen molar-refractivity contribution in [1.29, 1.82) is 0 Å². The van der Waals surface area contributed by atoms with Crippen molar-refractivity contribution in [2.24, 2.45) is 16.2 Å². The summed E-state index contributed by atoms with van der Waals surface area (Å²) in [5.41, 5.74) is -3.11. The van der Waals surface area contributed by atoms with Crippen LogP contribution in [0.3, 0.4) is 0 Å². The molecule has 1 fully saturated rings. The van der Waals surface area contributed by atoms with Crippen LogP contribution in [0.2, 0.25) is 0 Å². The number of aliphatic hydroxyl groups excluding tert-OH is 1. The van der Waals surface area contributed by atoms with E-state index in [4.69, 9.17) is 5.11 Å². The first-order valence-electron chi connectivity index (χ1n) is 5.70. The Kier molecular flexibility index (Phi) is 3.35. The molecule has 3 N–H and O–H groups in total. The van der Waals surface area contributed by atoms with Gasteiger partial charge in [0.1, 0.15) is 6.11 Å². The van der Waals surface area contributed by atoms with Crippen molar-refractivity contribution in [3.05, 3.63) is 0 Å². The van der Waals surface area contributed by atoms with Crippen molar-refractivity contribution in [3.63, 3.8) is 0 Å². The molecular weight excluding hydrogens is 236 g/mol. The second-order valence-electron chi connectivity index (χ2n) is 6.06. The lowest BCUT2D eigenvalue weighted by Gasteiger charge is -2.46. The van der Waals surface area contributed by atoms with Crippen molar-refractivity contribution >= 4 is 11.9 Å². The Morgan fingerprint density at radius 2 is 1.33 bits per heavy atom. The highest BCUT2D eigenvalue weighted by atomic mass is 16.4. The average Bonchev–Trinajstić information content (AvgIpc) is 2.14. The van der Waals surface area contributed by atoms with Crippen LogP contribution >= 0.6 is 0 Å². The molecule has 1 saturated carbocycles. The Morgan fingerprint density at radius 1 is 0.944 bits per heavy atom. The van der Waals surface area contributed by atoms with Gasteiger partial charge in [0.2, 0.25) is 0 Å². The van der Waals surface area contributed by atoms with Gasteiger partial charge in [0.05, 0.1) is 10.8 Å². The van der Waals surface area contributed by atoms with E-state index in [1.807, 2.05) is 0 Å². The predicted molar refractivity (Wildman–Crippen MR) is 63.2 cm³/mol. The van der Waals surface area contributed by atoms with Crippen molar-refractivity contribution < 1.29 is 24.9 Å². The Balaban J connectivity index is 3.26. The molecule has 1 aliphatic carbocycles. The third-order valence-electron chi connectivity index (χ3n) is 3.73. The fourth-order valence-electron chi connectivity index (χ4n) is 3.30. The summed E-state index contributed by atoms with van der Waals surface area (Å²) in [6.45, 7) is 4.76. The second kappa shape index (κ2) is 4.20. The Morgan fingerprint density at radius 3 is 1.61 bits per heavy atom. The van der Waals surface area contributed by atoms with Gasteiger partial charge in [-0.25, -0.2) is 0 Å². The summed E-state index contributed by atoms with van der Waals surface area (Å²) >= 11 is 0. The smallest absolute Gasteiger partial charge is 0.309 e. The number of rotatable bonds is 2. The minimum absolute atomic E-state index is 0.0629. The summed E-state index contributed by atoms with van der Waals surface area (Å²) in [5, 5.41) is 27.4. The topological polar surface area (TPSA) is 94.8 Å². The molecule has 2 atom stereocenters. The van der Waals surface area contributed by atoms with Crippen LogP contribution in [-0.2, 0) is 9.59 Å². The summed E-state index contributed by atoms with van der Waals surface area (Å²) in [6.07, 6.45) is 2.31. The molecule has 2 unspecified atom stereocenters. The molecule has 0 heterocycles. The Bertz CT molecular complexity index is 416. The van der Waals surface area contributed by atoms with E-state index in [-0.39, 0.29) is 19.3 Å². The molecule has 0 amide bonds. The van der Waals surface area contributed by atoms with Crippen LogP contribution < -0.4 is 0 Å². The second-order valence-corrected chi connectivity index (χ2v) is 6.06. The van der Waals surface area contributed by atoms with Crippen molar-refractivity contribution in [2.75, 3.05) is 0 Å². The van der Waals surface area contributed by atoms with Crippen LogP contribution in [-0.4, -0.2) is 27.3 Å². The van der Waals surface area contributed by atoms with Gasteiger partial charge in [-0.3, -0.25) is 9.59 Å². The zero-order chi connectivity index (χ0) is 14.2. The molecule has 0 bridgehead atoms. The molecular formula is C13H18O5. The van der Waals surface area contributed by atoms with Gasteiger partial charge in [-0.2, -0.15) is 0 Å². The molecule has 0 aliphatic heterocycles. The first-order valence-corrected chi connectivity index (χ1v) is 5.70. The molecule has 1 rings (SSSR count). The SMILES string of the molecule is CC1(C#CO)CC(C)(C(=O)O)CC(C)(C(=O)O)C1. The number of hydrogen-bond donors (Lipinski definition) is 3. The van der Waals surface area contributed by atoms with E-state index < -0.39 is 28.2 Å². The van der Waals surface area contributed by atoms with Crippen LogP contribution in [0.25, 0.3) is 0 Å². The van der Waals surface area contributed by atoms with E-state index in [1.54, 1.807) is 13.0 Å². The predicted octanol–water partition coefficient (Wildman–Crippen LogP) is 1.69. The van der Waals surface area contributed by atoms with Crippen LogP contribution in [0.15, 0.2) is 0 Å². The number of carbonyl (C=O) groups is 2. The van der Waals surface area contributed by atoms with Gasteiger partial charge in [-0.1, -0.05) is 5.92 Å². The lowest BCUT2D eigenvalue weighted by molar-refractivity contribution is -0.165. The maximum atomic E-state index is 11.4. The summed E-state index contributed by atoms with van der Waals surface area (Å²) in [4.78, 5) is 22.7. The largest absolute Gasteiger partial charge is 0.481 e. The van der Waals surface area contributed by atoms with Crippen LogP contribution in [0.1, 0.15) is 40.0 Å². The highest BCUT2D eigenvalue weighted by Crippen LogP contribution is 2.54. The third kappa shape index (κ3) is 2.42. The molecule has 0 aromatic rings. The summed E-state index contributed by atoms with van der Waals surface area (Å²) in [6, 6.07) is 0. The van der Waals surface area contributed by atoms with Gasteiger partial charge in [0.25, 0.3) is 0 Å². The maximum absolute atomic E-state index is 11.4. The lowest BCUT2D eigenvalue weighted by Crippen LogP contribution is -2.48. The van der Waals surface area contributed by atoms with Crippen molar-refractivity contribution in [3.8, 4) is 12.0 Å². The molecule has 1 aliphatic rings. The minimum Gasteiger partial charge on any atom is -0.481 e. The molecule has 0 radical (unpaired) electrons. The Labute approximate surface area is 106 Å². The number of carboxylic acids is 2. The summed E-state index contributed by atoms with van der Waals surface area (Å²) in [7, 11) is 0. The molecule has 0 aromatic carbocycles. The molecule has 100 valence electrons. The third-order valence-corrected chi connectivity index (χ3v) is 3.73. The van der Waals surface area contributed by atoms with E-state index in [1.165, 1.54) is 13.8 Å². The van der Waals surface area contributed by atoms with E-state index in [0.717, 1.165) is 0 Å². The van der Waals surface area contributed by atoms with E-state index in [9.17, 15) is 19.8 Å². The maximum Gasteiger partial charge on any atom is 0.309 e. The zero-order valence-corrected chi connectivity index (χ0v) is 10.8. The molecule has 5 heteroatoms. The molecule has 0 aromatic heterocycles. The number of aliphatic hydroxyl groups is 1. The van der Waals surface area contributed by atoms with Gasteiger partial charge in [0.15, 0.2) is 0 Å². The van der Waals surface area contributed by atoms with Crippen LogP contribution in [0.5, 0.6) is 0 Å². The number of aliphatic carboxylic acids is 2. The highest BCUT2D eigenvalue weighted by Gasteiger charge is 2.55. The monoisotopic (exact) mass is 254 g/mol. The van der Waals surface area contributed by atoms with Gasteiger partial charge in [-0.05, 0) is 40.0 Å². The summed E-state index contributed by atoms with van der Waals surface area (Å²) < 4.78 is 0. The quantitative estimate of drug-likeness (QED) is 0.652. The number of hydrogen-bond acceptors (Lipinski definition) is 3. The van der Waals surface area contributed by atoms with Crippen LogP contribution in [0.4, 0.5) is 0 Å². The van der Waals surface area contributed by atoms with Gasteiger partial charge in [0, 0.05) is 5.41 Å². The Hall–Kier alpha value is -1.70. The van der Waals surface area contributed by atoms with E-state index in [0.29, 0.717) is 0 Å². The fourth-order valence-corrected chi connectivity index (χ4v) is 3.30. The minimum atomic E-state index is -1.15. The average molecular weight is 254 g/mol. The van der Waals surface area contributed by atoms with E-state index in [2.05, 4.69) is 5.92 Å². The normalized spacial score (nSPS) is 39.5. The van der Waals surface area contributed by atoms with Crippen molar-refractivity contribution in [1.82, 2.24) is 0 Å². The molecule has 0 saturated heterocycles. The fraction of sp³-hybridized carbons (Fsp3) is 0.692. The number of carboxylic acid groups (broad SMARTS) is 2.